The van der Waals surface area contributed by atoms with Gasteiger partial charge in [0.05, 0.1) is 0 Å². The molecule has 0 aromatic rings. The van der Waals surface area contributed by atoms with Crippen LogP contribution < -0.4 is 0 Å². The smallest absolute Gasteiger partial charge is 0.211 e. The van der Waals surface area contributed by atoms with Crippen LogP contribution in [0.2, 0.25) is 0 Å². The minimum Gasteiger partial charge on any atom is -0.211 e. The molecule has 0 bridgehead atoms. The van der Waals surface area contributed by atoms with Gasteiger partial charge in [-0.05, 0) is 6.42 Å². The summed E-state index contributed by atoms with van der Waals surface area (Å²) in [4.78, 5) is 13.6. The summed E-state index contributed by atoms with van der Waals surface area (Å²) in [5, 5.41) is -0.906. The molecule has 0 aliphatic rings. The van der Waals surface area contributed by atoms with Crippen LogP contribution >= 0.6 is 11.8 Å². The standard InChI is InChI=1S/C14H18F9NOS/c1-2-3-4-5-6-10(24-9-25)26-8-7-11(15,16)12(17,18)13(19,20)14(21,22)23/h10H,2-8H2,1H3. The van der Waals surface area contributed by atoms with Gasteiger partial charge in [-0.3, -0.25) is 0 Å². The quantitative estimate of drug-likeness (QED) is 0.163. The topological polar surface area (TPSA) is 29.4 Å². The number of isocyanates is 1. The summed E-state index contributed by atoms with van der Waals surface area (Å²) in [6.07, 6.45) is -4.29. The third-order valence-corrected chi connectivity index (χ3v) is 4.60. The lowest BCUT2D eigenvalue weighted by Crippen LogP contribution is -2.60. The van der Waals surface area contributed by atoms with E-state index in [9.17, 15) is 44.3 Å². The molecule has 154 valence electrons. The molecule has 2 nitrogen and oxygen atoms in total. The molecule has 0 spiro atoms. The Morgan fingerprint density at radius 1 is 0.923 bits per heavy atom. The number of aliphatic imine (C=N–C) groups is 1. The summed E-state index contributed by atoms with van der Waals surface area (Å²) in [6.45, 7) is 1.93. The lowest BCUT2D eigenvalue weighted by atomic mass is 10.0. The van der Waals surface area contributed by atoms with Gasteiger partial charge in [-0.1, -0.05) is 32.6 Å². The Morgan fingerprint density at radius 3 is 1.96 bits per heavy atom. The van der Waals surface area contributed by atoms with E-state index in [4.69, 9.17) is 0 Å². The number of unbranched alkanes of at least 4 members (excludes halogenated alkanes) is 3. The Labute approximate surface area is 148 Å². The highest BCUT2D eigenvalue weighted by Crippen LogP contribution is 2.54. The first-order valence-electron chi connectivity index (χ1n) is 7.63. The van der Waals surface area contributed by atoms with Crippen molar-refractivity contribution in [3.63, 3.8) is 0 Å². The van der Waals surface area contributed by atoms with Crippen LogP contribution in [0.5, 0.6) is 0 Å². The first kappa shape index (κ1) is 25.1. The maximum Gasteiger partial charge on any atom is 0.460 e. The second kappa shape index (κ2) is 9.87. The van der Waals surface area contributed by atoms with Crippen molar-refractivity contribution >= 4 is 17.8 Å². The zero-order valence-corrected chi connectivity index (χ0v) is 14.5. The SMILES string of the molecule is CCCCCCC(N=C=O)SCCC(F)(F)C(F)(F)C(F)(F)C(F)(F)F. The third-order valence-electron chi connectivity index (χ3n) is 3.44. The van der Waals surface area contributed by atoms with E-state index in [0.29, 0.717) is 18.2 Å². The van der Waals surface area contributed by atoms with Gasteiger partial charge in [0.15, 0.2) is 0 Å². The Hall–Kier alpha value is -0.900. The van der Waals surface area contributed by atoms with Crippen molar-refractivity contribution in [1.29, 1.82) is 0 Å². The van der Waals surface area contributed by atoms with Gasteiger partial charge in [0.25, 0.3) is 0 Å². The molecule has 0 saturated heterocycles. The van der Waals surface area contributed by atoms with Gasteiger partial charge >= 0.3 is 23.9 Å². The van der Waals surface area contributed by atoms with E-state index in [-0.39, 0.29) is 6.42 Å². The molecule has 0 aliphatic carbocycles. The number of alkyl halides is 9. The number of hydrogen-bond acceptors (Lipinski definition) is 3. The van der Waals surface area contributed by atoms with Gasteiger partial charge < -0.3 is 0 Å². The highest BCUT2D eigenvalue weighted by molar-refractivity contribution is 7.99. The Kier molecular flexibility index (Phi) is 9.53. The monoisotopic (exact) mass is 419 g/mol. The van der Waals surface area contributed by atoms with Crippen LogP contribution in [0, 0.1) is 0 Å². The normalized spacial score (nSPS) is 14.8. The maximum absolute atomic E-state index is 13.4. The third kappa shape index (κ3) is 6.37. The molecule has 26 heavy (non-hydrogen) atoms. The predicted molar refractivity (Wildman–Crippen MR) is 78.6 cm³/mol. The summed E-state index contributed by atoms with van der Waals surface area (Å²) in [6, 6.07) is 0. The molecule has 1 atom stereocenters. The Bertz CT molecular complexity index is 476. The highest BCUT2D eigenvalue weighted by atomic mass is 32.2. The molecule has 1 unspecified atom stereocenters. The summed E-state index contributed by atoms with van der Waals surface area (Å²) in [5.74, 6) is -20.0. The van der Waals surface area contributed by atoms with Gasteiger partial charge in [-0.15, -0.1) is 11.8 Å². The van der Waals surface area contributed by atoms with E-state index < -0.39 is 41.5 Å². The molecule has 12 heteroatoms. The molecule has 0 fully saturated rings. The number of nitrogens with zero attached hydrogens (tertiary/aromatic N) is 1. The maximum atomic E-state index is 13.4. The minimum atomic E-state index is -6.88. The molecule has 0 N–H and O–H groups in total. The molecule has 0 radical (unpaired) electrons. The number of thioether (sulfide) groups is 1. The van der Waals surface area contributed by atoms with Gasteiger partial charge in [-0.2, -0.15) is 44.5 Å². The highest BCUT2D eigenvalue weighted by Gasteiger charge is 2.81. The molecular weight excluding hydrogens is 401 g/mol. The fourth-order valence-corrected chi connectivity index (χ4v) is 2.97. The van der Waals surface area contributed by atoms with Crippen molar-refractivity contribution < 1.29 is 44.3 Å². The summed E-state index contributed by atoms with van der Waals surface area (Å²) < 4.78 is 114. The summed E-state index contributed by atoms with van der Waals surface area (Å²) >= 11 is 0.497. The second-order valence-electron chi connectivity index (χ2n) is 5.50. The lowest BCUT2D eigenvalue weighted by molar-refractivity contribution is -0.396. The first-order valence-corrected chi connectivity index (χ1v) is 8.68. The van der Waals surface area contributed by atoms with Gasteiger partial charge in [0.2, 0.25) is 6.08 Å². The number of halogens is 9. The van der Waals surface area contributed by atoms with Crippen LogP contribution in [0.25, 0.3) is 0 Å². The summed E-state index contributed by atoms with van der Waals surface area (Å²) in [5.41, 5.74) is 0. The van der Waals surface area contributed by atoms with E-state index in [1.165, 1.54) is 6.08 Å². The molecule has 0 heterocycles. The zero-order valence-electron chi connectivity index (χ0n) is 13.7. The first-order chi connectivity index (χ1) is 11.7. The molecule has 0 aliphatic heterocycles. The van der Waals surface area contributed by atoms with Crippen LogP contribution in [-0.2, 0) is 4.79 Å². The van der Waals surface area contributed by atoms with Crippen LogP contribution in [0.4, 0.5) is 39.5 Å². The van der Waals surface area contributed by atoms with Crippen LogP contribution in [0.3, 0.4) is 0 Å². The zero-order chi connectivity index (χ0) is 20.6. The molecule has 0 aromatic heterocycles. The van der Waals surface area contributed by atoms with Gasteiger partial charge in [-0.25, -0.2) is 4.79 Å². The second-order valence-corrected chi connectivity index (χ2v) is 6.78. The van der Waals surface area contributed by atoms with Crippen molar-refractivity contribution in [2.24, 2.45) is 4.99 Å². The van der Waals surface area contributed by atoms with Gasteiger partial charge in [0.1, 0.15) is 5.37 Å². The van der Waals surface area contributed by atoms with E-state index in [2.05, 4.69) is 4.99 Å². The van der Waals surface area contributed by atoms with Crippen molar-refractivity contribution in [2.45, 2.75) is 74.8 Å². The Balaban J connectivity index is 4.86. The fourth-order valence-electron chi connectivity index (χ4n) is 1.88. The predicted octanol–water partition coefficient (Wildman–Crippen LogP) is 6.21. The average Bonchev–Trinajstić information content (AvgIpc) is 2.49. The minimum absolute atomic E-state index is 0.237. The fraction of sp³-hybridized carbons (Fsp3) is 0.929. The van der Waals surface area contributed by atoms with Crippen LogP contribution in [0.15, 0.2) is 4.99 Å². The molecule has 0 saturated carbocycles. The van der Waals surface area contributed by atoms with Crippen molar-refractivity contribution in [1.82, 2.24) is 0 Å². The molecular formula is C14H18F9NOS. The van der Waals surface area contributed by atoms with E-state index in [1.807, 2.05) is 6.92 Å². The molecule has 0 amide bonds. The van der Waals surface area contributed by atoms with Gasteiger partial charge in [0, 0.05) is 12.2 Å². The number of carbonyl (C=O) groups excluding carboxylic acids is 1. The molecule has 0 rings (SSSR count). The Morgan fingerprint density at radius 2 is 1.50 bits per heavy atom. The number of hydrogen-bond donors (Lipinski definition) is 0. The van der Waals surface area contributed by atoms with E-state index in [1.54, 1.807) is 0 Å². The summed E-state index contributed by atoms with van der Waals surface area (Å²) in [7, 11) is 0. The average molecular weight is 419 g/mol. The van der Waals surface area contributed by atoms with Crippen molar-refractivity contribution in [3.8, 4) is 0 Å². The number of rotatable bonds is 12. The van der Waals surface area contributed by atoms with Crippen molar-refractivity contribution in [3.05, 3.63) is 0 Å². The van der Waals surface area contributed by atoms with E-state index in [0.717, 1.165) is 19.3 Å². The van der Waals surface area contributed by atoms with Crippen LogP contribution in [0.1, 0.15) is 45.4 Å². The van der Waals surface area contributed by atoms with E-state index >= 15 is 0 Å². The lowest BCUT2D eigenvalue weighted by Gasteiger charge is -2.33. The van der Waals surface area contributed by atoms with Crippen LogP contribution in [-0.4, -0.2) is 41.2 Å². The van der Waals surface area contributed by atoms with Crippen molar-refractivity contribution in [2.75, 3.05) is 5.75 Å². The largest absolute Gasteiger partial charge is 0.460 e. The molecule has 0 aromatic carbocycles.